The summed E-state index contributed by atoms with van der Waals surface area (Å²) in [6.07, 6.45) is -0.482. The number of fused-ring (bicyclic) bond motifs is 9. The maximum atomic E-state index is 6.86. The second kappa shape index (κ2) is 11.4. The molecule has 3 aromatic heterocycles. The van der Waals surface area contributed by atoms with Gasteiger partial charge in [0.15, 0.2) is 0 Å². The molecule has 0 aliphatic carbocycles. The highest BCUT2D eigenvalue weighted by Crippen LogP contribution is 2.42. The normalized spacial score (nSPS) is 18.4. The van der Waals surface area contributed by atoms with Gasteiger partial charge in [0.25, 0.3) is 0 Å². The van der Waals surface area contributed by atoms with Gasteiger partial charge in [-0.2, -0.15) is 0 Å². The molecule has 1 fully saturated rings. The Morgan fingerprint density at radius 2 is 0.981 bits per heavy atom. The van der Waals surface area contributed by atoms with E-state index in [1.165, 1.54) is 5.56 Å². The molecule has 11 rings (SSSR count). The summed E-state index contributed by atoms with van der Waals surface area (Å²) in [6, 6.07) is 52.9. The van der Waals surface area contributed by atoms with Gasteiger partial charge in [0.1, 0.15) is 33.5 Å². The first-order chi connectivity index (χ1) is 25.7. The van der Waals surface area contributed by atoms with Crippen molar-refractivity contribution >= 4 is 65.8 Å². The van der Waals surface area contributed by atoms with E-state index in [2.05, 4.69) is 150 Å². The number of hydrogen-bond donors (Lipinski definition) is 2. The van der Waals surface area contributed by atoms with E-state index < -0.39 is 0 Å². The van der Waals surface area contributed by atoms with Crippen LogP contribution in [-0.4, -0.2) is 11.9 Å². The van der Waals surface area contributed by atoms with E-state index in [0.29, 0.717) is 0 Å². The Labute approximate surface area is 298 Å². The first kappa shape index (κ1) is 29.5. The van der Waals surface area contributed by atoms with Crippen LogP contribution in [0.1, 0.15) is 35.2 Å². The predicted octanol–water partition coefficient (Wildman–Crippen LogP) is 11.6. The Bertz CT molecular complexity index is 2970. The molecule has 6 nitrogen and oxygen atoms in total. The van der Waals surface area contributed by atoms with Crippen molar-refractivity contribution in [3.8, 4) is 11.1 Å². The van der Waals surface area contributed by atoms with Crippen molar-refractivity contribution in [1.29, 1.82) is 0 Å². The molecular weight excluding hydrogens is 643 g/mol. The topological polar surface area (TPSA) is 66.7 Å². The maximum absolute atomic E-state index is 6.86. The van der Waals surface area contributed by atoms with Crippen LogP contribution in [0.15, 0.2) is 165 Å². The lowest BCUT2D eigenvalue weighted by molar-refractivity contribution is 0.0421. The van der Waals surface area contributed by atoms with Gasteiger partial charge in [-0.3, -0.25) is 15.5 Å². The minimum Gasteiger partial charge on any atom is -0.456 e. The molecule has 0 spiro atoms. The molecule has 2 N–H and O–H groups in total. The summed E-state index contributed by atoms with van der Waals surface area (Å²) in [5, 5.41) is 14.5. The lowest BCUT2D eigenvalue weighted by atomic mass is 9.99. The average molecular weight is 676 g/mol. The fraction of sp³-hybridized carbons (Fsp3) is 0.0870. The minimum atomic E-state index is -0.212. The van der Waals surface area contributed by atoms with Gasteiger partial charge in [-0.25, -0.2) is 0 Å². The minimum absolute atomic E-state index is 0.0859. The standard InChI is InChI=1S/C46H33N3O3/c1-49-45(27-11-3-2-4-12-27)47-44(35-17-9-15-33-30-13-5-8-20-39(30)51-42(33)35)48-46(49)36-18-10-16-34-32-23-21-29(26-41(32)52-43(34)36)28-22-24-40-37(25-28)31-14-6-7-19-38(31)50-40/h2-26,44-48H,1H3. The highest BCUT2D eigenvalue weighted by molar-refractivity contribution is 6.09. The van der Waals surface area contributed by atoms with Gasteiger partial charge in [0.2, 0.25) is 0 Å². The van der Waals surface area contributed by atoms with Gasteiger partial charge >= 0.3 is 0 Å². The third-order valence-electron chi connectivity index (χ3n) is 10.9. The Kier molecular flexibility index (Phi) is 6.49. The zero-order valence-electron chi connectivity index (χ0n) is 28.3. The zero-order valence-corrected chi connectivity index (χ0v) is 28.3. The van der Waals surface area contributed by atoms with Gasteiger partial charge in [0.05, 0.1) is 18.5 Å². The molecule has 0 amide bonds. The Morgan fingerprint density at radius 3 is 1.79 bits per heavy atom. The molecule has 52 heavy (non-hydrogen) atoms. The van der Waals surface area contributed by atoms with Gasteiger partial charge in [0, 0.05) is 43.4 Å². The average Bonchev–Trinajstić information content (AvgIpc) is 3.89. The van der Waals surface area contributed by atoms with Crippen LogP contribution in [0.2, 0.25) is 0 Å². The van der Waals surface area contributed by atoms with E-state index in [0.717, 1.165) is 88.1 Å². The largest absolute Gasteiger partial charge is 0.456 e. The van der Waals surface area contributed by atoms with Crippen molar-refractivity contribution in [2.45, 2.75) is 18.5 Å². The SMILES string of the molecule is CN1C(c2ccccc2)NC(c2cccc3c2oc2ccccc23)NC1c1cccc2c1oc1cc(-c3ccc4oc5ccccc5c4c3)ccc12. The molecule has 1 saturated heterocycles. The summed E-state index contributed by atoms with van der Waals surface area (Å²) in [6.45, 7) is 0. The smallest absolute Gasteiger partial charge is 0.141 e. The lowest BCUT2D eigenvalue weighted by Gasteiger charge is -2.45. The van der Waals surface area contributed by atoms with Gasteiger partial charge in [-0.05, 0) is 60.1 Å². The molecule has 3 unspecified atom stereocenters. The lowest BCUT2D eigenvalue weighted by Crippen LogP contribution is -2.54. The molecule has 6 heteroatoms. The molecule has 10 aromatic rings. The van der Waals surface area contributed by atoms with E-state index in [-0.39, 0.29) is 18.5 Å². The number of rotatable bonds is 4. The molecule has 250 valence electrons. The van der Waals surface area contributed by atoms with E-state index in [1.54, 1.807) is 0 Å². The van der Waals surface area contributed by atoms with E-state index in [1.807, 2.05) is 24.3 Å². The van der Waals surface area contributed by atoms with Crippen molar-refractivity contribution in [1.82, 2.24) is 15.5 Å². The summed E-state index contributed by atoms with van der Waals surface area (Å²) in [5.74, 6) is 0. The van der Waals surface area contributed by atoms with Crippen molar-refractivity contribution < 1.29 is 13.3 Å². The summed E-state index contributed by atoms with van der Waals surface area (Å²) >= 11 is 0. The second-order valence-corrected chi connectivity index (χ2v) is 13.8. The number of furan rings is 3. The maximum Gasteiger partial charge on any atom is 0.141 e. The van der Waals surface area contributed by atoms with Gasteiger partial charge < -0.3 is 13.3 Å². The van der Waals surface area contributed by atoms with Crippen molar-refractivity contribution in [3.63, 3.8) is 0 Å². The monoisotopic (exact) mass is 675 g/mol. The highest BCUT2D eigenvalue weighted by atomic mass is 16.3. The summed E-state index contributed by atoms with van der Waals surface area (Å²) in [7, 11) is 2.16. The summed E-state index contributed by atoms with van der Waals surface area (Å²) in [4.78, 5) is 2.35. The zero-order chi connectivity index (χ0) is 34.3. The van der Waals surface area contributed by atoms with Crippen LogP contribution < -0.4 is 10.6 Å². The third-order valence-corrected chi connectivity index (χ3v) is 10.9. The van der Waals surface area contributed by atoms with Crippen molar-refractivity contribution in [3.05, 3.63) is 168 Å². The number of nitrogens with zero attached hydrogens (tertiary/aromatic N) is 1. The molecule has 0 bridgehead atoms. The molecule has 1 aliphatic rings. The van der Waals surface area contributed by atoms with Gasteiger partial charge in [-0.1, -0.05) is 115 Å². The molecular formula is C46H33N3O3. The Hall–Kier alpha value is -6.18. The van der Waals surface area contributed by atoms with Gasteiger partial charge in [-0.15, -0.1) is 0 Å². The van der Waals surface area contributed by atoms with Crippen LogP contribution in [0.3, 0.4) is 0 Å². The molecule has 3 atom stereocenters. The predicted molar refractivity (Wildman–Crippen MR) is 209 cm³/mol. The first-order valence-corrected chi connectivity index (χ1v) is 17.7. The van der Waals surface area contributed by atoms with Crippen LogP contribution in [0.25, 0.3) is 76.9 Å². The van der Waals surface area contributed by atoms with E-state index in [9.17, 15) is 0 Å². The molecule has 0 radical (unpaired) electrons. The van der Waals surface area contributed by atoms with E-state index in [4.69, 9.17) is 13.3 Å². The Balaban J connectivity index is 1.03. The molecule has 0 saturated carbocycles. The van der Waals surface area contributed by atoms with Crippen LogP contribution >= 0.6 is 0 Å². The molecule has 1 aliphatic heterocycles. The number of nitrogens with one attached hydrogen (secondary N) is 2. The van der Waals surface area contributed by atoms with Crippen LogP contribution in [-0.2, 0) is 0 Å². The molecule has 4 heterocycles. The Morgan fingerprint density at radius 1 is 0.423 bits per heavy atom. The van der Waals surface area contributed by atoms with Crippen molar-refractivity contribution in [2.75, 3.05) is 7.05 Å². The second-order valence-electron chi connectivity index (χ2n) is 13.8. The summed E-state index contributed by atoms with van der Waals surface area (Å²) in [5.41, 5.74) is 10.8. The third kappa shape index (κ3) is 4.49. The molecule has 7 aromatic carbocycles. The first-order valence-electron chi connectivity index (χ1n) is 17.7. The van der Waals surface area contributed by atoms with Crippen LogP contribution in [0, 0.1) is 0 Å². The number of benzene rings is 7. The van der Waals surface area contributed by atoms with Crippen molar-refractivity contribution in [2.24, 2.45) is 0 Å². The quantitative estimate of drug-likeness (QED) is 0.194. The van der Waals surface area contributed by atoms with Crippen LogP contribution in [0.5, 0.6) is 0 Å². The highest BCUT2D eigenvalue weighted by Gasteiger charge is 2.37. The van der Waals surface area contributed by atoms with Crippen LogP contribution in [0.4, 0.5) is 0 Å². The van der Waals surface area contributed by atoms with E-state index >= 15 is 0 Å². The fourth-order valence-corrected chi connectivity index (χ4v) is 8.32. The number of hydrogen-bond acceptors (Lipinski definition) is 6. The number of para-hydroxylation sites is 4. The fourth-order valence-electron chi connectivity index (χ4n) is 8.32. The summed E-state index contributed by atoms with van der Waals surface area (Å²) < 4.78 is 19.5.